The number of fused-ring (bicyclic) bond motifs is 1. The van der Waals surface area contributed by atoms with Crippen molar-refractivity contribution in [3.8, 4) is 0 Å². The van der Waals surface area contributed by atoms with E-state index in [1.807, 2.05) is 23.6 Å². The number of hydrogen-bond donors (Lipinski definition) is 0. The molecule has 1 aromatic carbocycles. The monoisotopic (exact) mass is 296 g/mol. The molecule has 0 unspecified atom stereocenters. The Morgan fingerprint density at radius 1 is 1.05 bits per heavy atom. The minimum atomic E-state index is 0.924. The molecule has 0 N–H and O–H groups in total. The van der Waals surface area contributed by atoms with Crippen molar-refractivity contribution in [1.82, 2.24) is 9.88 Å². The van der Waals surface area contributed by atoms with E-state index in [1.165, 1.54) is 20.5 Å². The Bertz CT molecular complexity index is 716. The van der Waals surface area contributed by atoms with Crippen molar-refractivity contribution in [1.29, 1.82) is 0 Å². The summed E-state index contributed by atoms with van der Waals surface area (Å²) in [6, 6.07) is 14.9. The molecule has 0 saturated heterocycles. The second kappa shape index (κ2) is 6.37. The lowest BCUT2D eigenvalue weighted by Gasteiger charge is -2.10. The Morgan fingerprint density at radius 3 is 2.62 bits per heavy atom. The average molecular weight is 296 g/mol. The molecule has 0 aliphatic rings. The Hall–Kier alpha value is -1.71. The molecule has 0 aliphatic carbocycles. The molecule has 0 spiro atoms. The van der Waals surface area contributed by atoms with Crippen LogP contribution in [0.25, 0.3) is 10.1 Å². The van der Waals surface area contributed by atoms with Gasteiger partial charge >= 0.3 is 0 Å². The fourth-order valence-corrected chi connectivity index (χ4v) is 3.77. The molecule has 0 fully saturated rings. The fourth-order valence-electron chi connectivity index (χ4n) is 2.55. The number of likely N-dealkylation sites (N-methyl/N-ethyl adjacent to an activating group) is 1. The van der Waals surface area contributed by atoms with E-state index in [4.69, 9.17) is 0 Å². The molecule has 0 aliphatic heterocycles. The summed E-state index contributed by atoms with van der Waals surface area (Å²) in [6.07, 6.45) is 3.91. The standard InChI is InChI=1S/C18H20N2S/c1-20(2)12-10-18-16(13-14-7-5-6-11-19-14)15-8-3-4-9-17(15)21-18/h3-9,11H,10,12-13H2,1-2H3. The molecule has 3 rings (SSSR count). The molecule has 2 aromatic heterocycles. The Balaban J connectivity index is 1.99. The number of rotatable bonds is 5. The van der Waals surface area contributed by atoms with Crippen molar-refractivity contribution in [3.63, 3.8) is 0 Å². The maximum absolute atomic E-state index is 4.49. The van der Waals surface area contributed by atoms with Gasteiger partial charge < -0.3 is 4.90 Å². The molecular formula is C18H20N2S. The second-order valence-electron chi connectivity index (χ2n) is 5.55. The molecule has 0 amide bonds. The van der Waals surface area contributed by atoms with Gasteiger partial charge in [0, 0.05) is 34.4 Å². The molecule has 0 bridgehead atoms. The predicted molar refractivity (Wildman–Crippen MR) is 91.1 cm³/mol. The Kier molecular flexibility index (Phi) is 4.32. The summed E-state index contributed by atoms with van der Waals surface area (Å²) in [5.74, 6) is 0. The average Bonchev–Trinajstić information content (AvgIpc) is 2.84. The maximum Gasteiger partial charge on any atom is 0.0448 e. The van der Waals surface area contributed by atoms with E-state index in [2.05, 4.69) is 60.4 Å². The smallest absolute Gasteiger partial charge is 0.0448 e. The van der Waals surface area contributed by atoms with Crippen molar-refractivity contribution in [2.24, 2.45) is 0 Å². The first kappa shape index (κ1) is 14.2. The van der Waals surface area contributed by atoms with E-state index in [1.54, 1.807) is 0 Å². The molecule has 3 aromatic rings. The summed E-state index contributed by atoms with van der Waals surface area (Å²) in [5.41, 5.74) is 2.60. The van der Waals surface area contributed by atoms with Crippen LogP contribution in [0.1, 0.15) is 16.1 Å². The van der Waals surface area contributed by atoms with Gasteiger partial charge in [-0.1, -0.05) is 24.3 Å². The van der Waals surface area contributed by atoms with Crippen LogP contribution in [-0.4, -0.2) is 30.5 Å². The van der Waals surface area contributed by atoms with Crippen molar-refractivity contribution in [3.05, 3.63) is 64.8 Å². The summed E-state index contributed by atoms with van der Waals surface area (Å²) >= 11 is 1.93. The number of aromatic nitrogens is 1. The lowest BCUT2D eigenvalue weighted by molar-refractivity contribution is 0.414. The molecule has 21 heavy (non-hydrogen) atoms. The van der Waals surface area contributed by atoms with Crippen LogP contribution in [0.3, 0.4) is 0 Å². The van der Waals surface area contributed by atoms with Crippen molar-refractivity contribution >= 4 is 21.4 Å². The third-order valence-corrected chi connectivity index (χ3v) is 4.92. The van der Waals surface area contributed by atoms with E-state index < -0.39 is 0 Å². The highest BCUT2D eigenvalue weighted by molar-refractivity contribution is 7.19. The predicted octanol–water partition coefficient (Wildman–Crippen LogP) is 3.99. The first-order valence-corrected chi connectivity index (χ1v) is 8.09. The molecular weight excluding hydrogens is 276 g/mol. The van der Waals surface area contributed by atoms with Crippen molar-refractivity contribution < 1.29 is 0 Å². The highest BCUT2D eigenvalue weighted by Crippen LogP contribution is 2.33. The summed E-state index contributed by atoms with van der Waals surface area (Å²) in [4.78, 5) is 8.23. The Labute approximate surface area is 130 Å². The van der Waals surface area contributed by atoms with Crippen molar-refractivity contribution in [2.45, 2.75) is 12.8 Å². The van der Waals surface area contributed by atoms with E-state index in [0.29, 0.717) is 0 Å². The van der Waals surface area contributed by atoms with Gasteiger partial charge in [0.2, 0.25) is 0 Å². The minimum absolute atomic E-state index is 0.924. The first-order chi connectivity index (χ1) is 10.2. The number of hydrogen-bond acceptors (Lipinski definition) is 3. The molecule has 3 heteroatoms. The molecule has 2 heterocycles. The molecule has 0 saturated carbocycles. The summed E-state index contributed by atoms with van der Waals surface area (Å²) in [6.45, 7) is 1.09. The number of pyridine rings is 1. The topological polar surface area (TPSA) is 16.1 Å². The Morgan fingerprint density at radius 2 is 1.86 bits per heavy atom. The fraction of sp³-hybridized carbons (Fsp3) is 0.278. The zero-order chi connectivity index (χ0) is 14.7. The van der Waals surface area contributed by atoms with Crippen LogP contribution < -0.4 is 0 Å². The van der Waals surface area contributed by atoms with Gasteiger partial charge in [0.15, 0.2) is 0 Å². The van der Waals surface area contributed by atoms with Crippen LogP contribution in [-0.2, 0) is 12.8 Å². The van der Waals surface area contributed by atoms with Gasteiger partial charge in [0.1, 0.15) is 0 Å². The van der Waals surface area contributed by atoms with Gasteiger partial charge in [-0.15, -0.1) is 11.3 Å². The van der Waals surface area contributed by atoms with Gasteiger partial charge in [-0.25, -0.2) is 0 Å². The molecule has 108 valence electrons. The quantitative estimate of drug-likeness (QED) is 0.707. The van der Waals surface area contributed by atoms with E-state index >= 15 is 0 Å². The first-order valence-electron chi connectivity index (χ1n) is 7.28. The third kappa shape index (κ3) is 3.31. The van der Waals surface area contributed by atoms with E-state index in [0.717, 1.165) is 25.1 Å². The van der Waals surface area contributed by atoms with Crippen LogP contribution in [0.15, 0.2) is 48.7 Å². The third-order valence-electron chi connectivity index (χ3n) is 3.65. The van der Waals surface area contributed by atoms with Gasteiger partial charge in [-0.2, -0.15) is 0 Å². The SMILES string of the molecule is CN(C)CCc1sc2ccccc2c1Cc1ccccn1. The zero-order valence-electron chi connectivity index (χ0n) is 12.5. The minimum Gasteiger partial charge on any atom is -0.309 e. The largest absolute Gasteiger partial charge is 0.309 e. The zero-order valence-corrected chi connectivity index (χ0v) is 13.4. The molecule has 0 radical (unpaired) electrons. The highest BCUT2D eigenvalue weighted by Gasteiger charge is 2.13. The van der Waals surface area contributed by atoms with Crippen molar-refractivity contribution in [2.75, 3.05) is 20.6 Å². The van der Waals surface area contributed by atoms with Crippen LogP contribution in [0.5, 0.6) is 0 Å². The van der Waals surface area contributed by atoms with Gasteiger partial charge in [0.05, 0.1) is 0 Å². The van der Waals surface area contributed by atoms with Crippen LogP contribution in [0.4, 0.5) is 0 Å². The van der Waals surface area contributed by atoms with E-state index in [-0.39, 0.29) is 0 Å². The number of benzene rings is 1. The molecule has 2 nitrogen and oxygen atoms in total. The van der Waals surface area contributed by atoms with Gasteiger partial charge in [0.25, 0.3) is 0 Å². The van der Waals surface area contributed by atoms with Gasteiger partial charge in [-0.3, -0.25) is 4.98 Å². The lowest BCUT2D eigenvalue weighted by atomic mass is 10.0. The number of nitrogens with zero attached hydrogens (tertiary/aromatic N) is 2. The van der Waals surface area contributed by atoms with E-state index in [9.17, 15) is 0 Å². The maximum atomic E-state index is 4.49. The lowest BCUT2D eigenvalue weighted by Crippen LogP contribution is -2.15. The van der Waals surface area contributed by atoms with Gasteiger partial charge in [-0.05, 0) is 49.7 Å². The second-order valence-corrected chi connectivity index (χ2v) is 6.69. The normalized spacial score (nSPS) is 11.4. The summed E-state index contributed by atoms with van der Waals surface area (Å²) in [5, 5.41) is 1.39. The van der Waals surface area contributed by atoms with Crippen LogP contribution in [0, 0.1) is 0 Å². The molecule has 0 atom stereocenters. The number of thiophene rings is 1. The highest BCUT2D eigenvalue weighted by atomic mass is 32.1. The summed E-state index contributed by atoms with van der Waals surface area (Å²) in [7, 11) is 4.26. The summed E-state index contributed by atoms with van der Waals surface area (Å²) < 4.78 is 1.39. The van der Waals surface area contributed by atoms with Crippen LogP contribution in [0.2, 0.25) is 0 Å². The van der Waals surface area contributed by atoms with Crippen LogP contribution >= 0.6 is 11.3 Å².